The minimum atomic E-state index is -0.558. The van der Waals surface area contributed by atoms with Gasteiger partial charge in [0.15, 0.2) is 0 Å². The molecule has 1 aromatic heterocycles. The van der Waals surface area contributed by atoms with E-state index < -0.39 is 17.7 Å². The Morgan fingerprint density at radius 1 is 1.24 bits per heavy atom. The lowest BCUT2D eigenvalue weighted by Gasteiger charge is -2.23. The molecule has 136 valence electrons. The molecule has 6 nitrogen and oxygen atoms in total. The average molecular weight is 363 g/mol. The Balaban J connectivity index is 1.99. The van der Waals surface area contributed by atoms with Crippen molar-refractivity contribution in [2.75, 3.05) is 0 Å². The molecule has 0 unspecified atom stereocenters. The number of rotatable bonds is 6. The monoisotopic (exact) mass is 363 g/mol. The largest absolute Gasteiger partial charge is 0.444 e. The van der Waals surface area contributed by atoms with Crippen LogP contribution >= 0.6 is 11.8 Å². The van der Waals surface area contributed by atoms with E-state index in [-0.39, 0.29) is 5.92 Å². The molecule has 0 aliphatic carbocycles. The third-order valence-electron chi connectivity index (χ3n) is 3.23. The van der Waals surface area contributed by atoms with Crippen molar-refractivity contribution in [1.82, 2.24) is 15.5 Å². The highest BCUT2D eigenvalue weighted by molar-refractivity contribution is 7.98. The van der Waals surface area contributed by atoms with Gasteiger partial charge in [0.2, 0.25) is 5.89 Å². The first kappa shape index (κ1) is 19.3. The average Bonchev–Trinajstić information content (AvgIpc) is 2.98. The predicted octanol–water partition coefficient (Wildman–Crippen LogP) is 4.58. The zero-order valence-corrected chi connectivity index (χ0v) is 16.1. The topological polar surface area (TPSA) is 77.2 Å². The van der Waals surface area contributed by atoms with Gasteiger partial charge in [-0.2, -0.15) is 0 Å². The maximum Gasteiger partial charge on any atom is 0.408 e. The van der Waals surface area contributed by atoms with E-state index in [1.54, 1.807) is 0 Å². The Hall–Kier alpha value is -2.02. The Bertz CT molecular complexity index is 680. The molecule has 1 amide bonds. The van der Waals surface area contributed by atoms with Crippen LogP contribution in [0.3, 0.4) is 0 Å². The molecule has 1 aromatic carbocycles. The SMILES string of the molecule is CC(C)[C@H](NC(=O)OC(C)(C)C)c1nnc(SCc2ccccc2)o1. The van der Waals surface area contributed by atoms with E-state index in [4.69, 9.17) is 9.15 Å². The van der Waals surface area contributed by atoms with E-state index in [2.05, 4.69) is 15.5 Å². The summed E-state index contributed by atoms with van der Waals surface area (Å²) in [6.07, 6.45) is -0.497. The highest BCUT2D eigenvalue weighted by Gasteiger charge is 2.27. The van der Waals surface area contributed by atoms with Gasteiger partial charge in [0, 0.05) is 5.75 Å². The molecule has 7 heteroatoms. The molecule has 0 spiro atoms. The van der Waals surface area contributed by atoms with Crippen LogP contribution in [-0.4, -0.2) is 21.9 Å². The zero-order valence-electron chi connectivity index (χ0n) is 15.3. The molecule has 0 saturated carbocycles. The number of nitrogens with zero attached hydrogens (tertiary/aromatic N) is 2. The van der Waals surface area contributed by atoms with Crippen LogP contribution in [-0.2, 0) is 10.5 Å². The first-order valence-corrected chi connectivity index (χ1v) is 9.23. The Morgan fingerprint density at radius 3 is 2.52 bits per heavy atom. The van der Waals surface area contributed by atoms with Crippen molar-refractivity contribution in [3.63, 3.8) is 0 Å². The molecular formula is C18H25N3O3S. The summed E-state index contributed by atoms with van der Waals surface area (Å²) >= 11 is 1.47. The van der Waals surface area contributed by atoms with Gasteiger partial charge >= 0.3 is 6.09 Å². The predicted molar refractivity (Wildman–Crippen MR) is 97.2 cm³/mol. The molecule has 0 aliphatic heterocycles. The fourth-order valence-corrected chi connectivity index (χ4v) is 2.80. The quantitative estimate of drug-likeness (QED) is 0.757. The highest BCUT2D eigenvalue weighted by atomic mass is 32.2. The van der Waals surface area contributed by atoms with Crippen molar-refractivity contribution in [1.29, 1.82) is 0 Å². The number of thioether (sulfide) groups is 1. The van der Waals surface area contributed by atoms with Crippen LogP contribution in [0.5, 0.6) is 0 Å². The summed E-state index contributed by atoms with van der Waals surface area (Å²) in [5.41, 5.74) is 0.622. The number of hydrogen-bond donors (Lipinski definition) is 1. The van der Waals surface area contributed by atoms with Gasteiger partial charge in [0.1, 0.15) is 11.6 Å². The fraction of sp³-hybridized carbons (Fsp3) is 0.500. The maximum absolute atomic E-state index is 12.0. The molecule has 1 N–H and O–H groups in total. The van der Waals surface area contributed by atoms with Gasteiger partial charge in [-0.25, -0.2) is 4.79 Å². The summed E-state index contributed by atoms with van der Waals surface area (Å²) in [5, 5.41) is 11.5. The van der Waals surface area contributed by atoms with Crippen LogP contribution in [0.1, 0.15) is 52.1 Å². The van der Waals surface area contributed by atoms with E-state index in [9.17, 15) is 4.79 Å². The third kappa shape index (κ3) is 6.42. The number of amides is 1. The Morgan fingerprint density at radius 2 is 1.92 bits per heavy atom. The molecule has 0 aliphatic rings. The van der Waals surface area contributed by atoms with Crippen LogP contribution in [0, 0.1) is 5.92 Å². The number of carbonyl (C=O) groups excluding carboxylic acids is 1. The van der Waals surface area contributed by atoms with Gasteiger partial charge in [-0.3, -0.25) is 0 Å². The van der Waals surface area contributed by atoms with Crippen LogP contribution in [0.25, 0.3) is 0 Å². The second-order valence-corrected chi connectivity index (χ2v) is 7.97. The van der Waals surface area contributed by atoms with Crippen molar-refractivity contribution in [2.24, 2.45) is 5.92 Å². The van der Waals surface area contributed by atoms with E-state index >= 15 is 0 Å². The molecule has 1 heterocycles. The number of nitrogens with one attached hydrogen (secondary N) is 1. The summed E-state index contributed by atoms with van der Waals surface area (Å²) < 4.78 is 11.0. The van der Waals surface area contributed by atoms with Gasteiger partial charge in [0.25, 0.3) is 5.22 Å². The van der Waals surface area contributed by atoms with Gasteiger partial charge in [-0.1, -0.05) is 55.9 Å². The second-order valence-electron chi connectivity index (χ2n) is 7.05. The smallest absolute Gasteiger partial charge is 0.408 e. The van der Waals surface area contributed by atoms with Crippen LogP contribution in [0.2, 0.25) is 0 Å². The van der Waals surface area contributed by atoms with Gasteiger partial charge in [-0.15, -0.1) is 10.2 Å². The van der Waals surface area contributed by atoms with Gasteiger partial charge < -0.3 is 14.5 Å². The van der Waals surface area contributed by atoms with Crippen LogP contribution in [0.4, 0.5) is 4.79 Å². The molecule has 0 radical (unpaired) electrons. The zero-order chi connectivity index (χ0) is 18.4. The molecule has 0 saturated heterocycles. The first-order valence-electron chi connectivity index (χ1n) is 8.24. The fourth-order valence-electron chi connectivity index (χ4n) is 2.07. The van der Waals surface area contributed by atoms with Crippen molar-refractivity contribution < 1.29 is 13.9 Å². The Labute approximate surface area is 152 Å². The van der Waals surface area contributed by atoms with E-state index in [1.165, 1.54) is 17.3 Å². The molecule has 2 rings (SSSR count). The van der Waals surface area contributed by atoms with Crippen molar-refractivity contribution in [3.8, 4) is 0 Å². The molecule has 25 heavy (non-hydrogen) atoms. The molecule has 0 bridgehead atoms. The van der Waals surface area contributed by atoms with Crippen molar-refractivity contribution >= 4 is 17.9 Å². The highest BCUT2D eigenvalue weighted by Crippen LogP contribution is 2.26. The van der Waals surface area contributed by atoms with Crippen LogP contribution in [0.15, 0.2) is 40.0 Å². The summed E-state index contributed by atoms with van der Waals surface area (Å²) in [4.78, 5) is 12.0. The minimum absolute atomic E-state index is 0.0833. The lowest BCUT2D eigenvalue weighted by Crippen LogP contribution is -2.37. The minimum Gasteiger partial charge on any atom is -0.444 e. The second kappa shape index (κ2) is 8.38. The number of alkyl carbamates (subject to hydrolysis) is 1. The summed E-state index contributed by atoms with van der Waals surface area (Å²) in [7, 11) is 0. The number of aromatic nitrogens is 2. The third-order valence-corrected chi connectivity index (χ3v) is 4.12. The normalized spacial score (nSPS) is 12.9. The number of hydrogen-bond acceptors (Lipinski definition) is 6. The standard InChI is InChI=1S/C18H25N3O3S/c1-12(2)14(19-16(22)24-18(3,4)5)15-20-21-17(23-15)25-11-13-9-7-6-8-10-13/h6-10,12,14H,11H2,1-5H3,(H,19,22)/t14-/m0/s1. The summed E-state index contributed by atoms with van der Waals surface area (Å²) in [6, 6.07) is 9.67. The van der Waals surface area contributed by atoms with Crippen molar-refractivity contribution in [3.05, 3.63) is 41.8 Å². The summed E-state index contributed by atoms with van der Waals surface area (Å²) in [6.45, 7) is 9.41. The molecular weight excluding hydrogens is 338 g/mol. The van der Waals surface area contributed by atoms with Gasteiger partial charge in [0.05, 0.1) is 0 Å². The molecule has 1 atom stereocenters. The van der Waals surface area contributed by atoms with E-state index in [0.717, 1.165) is 5.75 Å². The summed E-state index contributed by atoms with van der Waals surface area (Å²) in [5.74, 6) is 1.21. The number of benzene rings is 1. The van der Waals surface area contributed by atoms with E-state index in [0.29, 0.717) is 11.1 Å². The van der Waals surface area contributed by atoms with Crippen molar-refractivity contribution in [2.45, 2.75) is 57.2 Å². The molecule has 0 fully saturated rings. The lowest BCUT2D eigenvalue weighted by atomic mass is 10.1. The molecule has 2 aromatic rings. The Kier molecular flexibility index (Phi) is 6.47. The van der Waals surface area contributed by atoms with Gasteiger partial charge in [-0.05, 0) is 32.3 Å². The van der Waals surface area contributed by atoms with Crippen LogP contribution < -0.4 is 5.32 Å². The number of ether oxygens (including phenoxy) is 1. The lowest BCUT2D eigenvalue weighted by molar-refractivity contribution is 0.0477. The number of carbonyl (C=O) groups is 1. The van der Waals surface area contributed by atoms with E-state index in [1.807, 2.05) is 65.0 Å². The maximum atomic E-state index is 12.0. The first-order chi connectivity index (χ1) is 11.7.